The number of ether oxygens (including phenoxy) is 2. The van der Waals surface area contributed by atoms with Crippen molar-refractivity contribution in [2.75, 3.05) is 25.6 Å². The van der Waals surface area contributed by atoms with Gasteiger partial charge in [-0.15, -0.1) is 0 Å². The van der Waals surface area contributed by atoms with Crippen molar-refractivity contribution in [3.05, 3.63) is 45.2 Å². The average Bonchev–Trinajstić information content (AvgIpc) is 2.65. The zero-order valence-electron chi connectivity index (χ0n) is 18.2. The van der Waals surface area contributed by atoms with Gasteiger partial charge in [0.05, 0.1) is 17.3 Å². The molecule has 0 spiro atoms. The Morgan fingerprint density at radius 2 is 2.00 bits per heavy atom. The first-order valence-electron chi connectivity index (χ1n) is 10.1. The lowest BCUT2D eigenvalue weighted by molar-refractivity contribution is -0.114. The van der Waals surface area contributed by atoms with Crippen LogP contribution in [0.5, 0.6) is 5.75 Å². The zero-order chi connectivity index (χ0) is 22.1. The molecule has 1 aliphatic heterocycles. The molecule has 2 heterocycles. The smallest absolute Gasteiger partial charge is 0.221 e. The molecule has 7 heteroatoms. The number of benzene rings is 1. The van der Waals surface area contributed by atoms with Crippen LogP contribution in [0, 0.1) is 5.41 Å². The van der Waals surface area contributed by atoms with Crippen LogP contribution in [0.25, 0.3) is 11.3 Å². The van der Waals surface area contributed by atoms with Gasteiger partial charge in [0.15, 0.2) is 0 Å². The summed E-state index contributed by atoms with van der Waals surface area (Å²) >= 11 is 6.51. The Balaban J connectivity index is 2.08. The van der Waals surface area contributed by atoms with E-state index in [1.807, 2.05) is 12.1 Å². The van der Waals surface area contributed by atoms with Crippen LogP contribution in [-0.4, -0.2) is 30.8 Å². The van der Waals surface area contributed by atoms with Crippen molar-refractivity contribution in [1.29, 1.82) is 0 Å². The number of carbonyl (C=O) groups excluding carboxylic acids is 1. The van der Waals surface area contributed by atoms with Crippen LogP contribution in [0.15, 0.2) is 29.2 Å². The summed E-state index contributed by atoms with van der Waals surface area (Å²) in [5.74, 6) is 0.374. The molecule has 1 aromatic heterocycles. The maximum absolute atomic E-state index is 12.6. The molecule has 0 aliphatic carbocycles. The molecular formula is C23H29ClN2O4. The minimum absolute atomic E-state index is 0.0753. The van der Waals surface area contributed by atoms with Crippen molar-refractivity contribution < 1.29 is 14.3 Å². The molecule has 1 amide bonds. The number of halogens is 1. The Labute approximate surface area is 182 Å². The van der Waals surface area contributed by atoms with E-state index in [9.17, 15) is 9.59 Å². The van der Waals surface area contributed by atoms with Crippen LogP contribution >= 0.6 is 11.6 Å². The van der Waals surface area contributed by atoms with Crippen molar-refractivity contribution in [3.8, 4) is 17.0 Å². The number of carbonyl (C=O) groups is 1. The number of amides is 1. The van der Waals surface area contributed by atoms with E-state index >= 15 is 0 Å². The second kappa shape index (κ2) is 8.82. The highest BCUT2D eigenvalue weighted by molar-refractivity contribution is 6.32. The molecule has 2 aromatic rings. The molecule has 0 saturated carbocycles. The van der Waals surface area contributed by atoms with Crippen LogP contribution in [-0.2, 0) is 16.0 Å². The van der Waals surface area contributed by atoms with Gasteiger partial charge in [0.25, 0.3) is 0 Å². The highest BCUT2D eigenvalue weighted by Crippen LogP contribution is 2.45. The number of nitrogens with zero attached hydrogens (tertiary/aromatic N) is 1. The summed E-state index contributed by atoms with van der Waals surface area (Å²) in [4.78, 5) is 24.2. The summed E-state index contributed by atoms with van der Waals surface area (Å²) in [7, 11) is 1.66. The number of fused-ring (bicyclic) bond motifs is 3. The summed E-state index contributed by atoms with van der Waals surface area (Å²) < 4.78 is 13.0. The Morgan fingerprint density at radius 1 is 1.27 bits per heavy atom. The molecular weight excluding hydrogens is 404 g/mol. The lowest BCUT2D eigenvalue weighted by Gasteiger charge is -2.39. The summed E-state index contributed by atoms with van der Waals surface area (Å²) in [6.45, 7) is 9.04. The van der Waals surface area contributed by atoms with Crippen LogP contribution < -0.4 is 15.5 Å². The van der Waals surface area contributed by atoms with Gasteiger partial charge < -0.3 is 19.4 Å². The predicted octanol–water partition coefficient (Wildman–Crippen LogP) is 4.69. The monoisotopic (exact) mass is 432 g/mol. The van der Waals surface area contributed by atoms with Gasteiger partial charge in [0.1, 0.15) is 11.4 Å². The van der Waals surface area contributed by atoms with Crippen LogP contribution in [0.3, 0.4) is 0 Å². The molecule has 1 aromatic carbocycles. The van der Waals surface area contributed by atoms with E-state index in [0.29, 0.717) is 24.0 Å². The highest BCUT2D eigenvalue weighted by Gasteiger charge is 2.33. The number of nitrogens with one attached hydrogen (secondary N) is 1. The Kier molecular flexibility index (Phi) is 6.58. The lowest BCUT2D eigenvalue weighted by Crippen LogP contribution is -2.32. The first kappa shape index (κ1) is 22.4. The number of aromatic nitrogens is 1. The van der Waals surface area contributed by atoms with Crippen molar-refractivity contribution in [2.45, 2.75) is 46.6 Å². The molecule has 0 fully saturated rings. The van der Waals surface area contributed by atoms with E-state index in [0.717, 1.165) is 29.7 Å². The fourth-order valence-corrected chi connectivity index (χ4v) is 4.05. The number of pyridine rings is 1. The molecule has 162 valence electrons. The van der Waals surface area contributed by atoms with E-state index in [4.69, 9.17) is 21.1 Å². The Bertz CT molecular complexity index is 1010. The summed E-state index contributed by atoms with van der Waals surface area (Å²) in [5, 5.41) is 3.15. The zero-order valence-corrected chi connectivity index (χ0v) is 18.9. The standard InChI is InChI=1S/C23H29ClN2O4/c1-14(27)25-18-13-26-19(12-20(18)28)16-11-17(24)21(30-8-6-7-29-5)9-15(16)10-22(26)23(2,3)4/h9,11-13,22H,6-8,10H2,1-5H3,(H,25,27). The number of anilines is 1. The van der Waals surface area contributed by atoms with Crippen molar-refractivity contribution in [3.63, 3.8) is 0 Å². The third kappa shape index (κ3) is 4.71. The third-order valence-electron chi connectivity index (χ3n) is 5.32. The summed E-state index contributed by atoms with van der Waals surface area (Å²) in [6, 6.07) is 5.52. The number of hydrogen-bond donors (Lipinski definition) is 1. The number of hydrogen-bond acceptors (Lipinski definition) is 4. The van der Waals surface area contributed by atoms with Crippen LogP contribution in [0.4, 0.5) is 5.69 Å². The molecule has 30 heavy (non-hydrogen) atoms. The van der Waals surface area contributed by atoms with Gasteiger partial charge in [0, 0.05) is 50.9 Å². The van der Waals surface area contributed by atoms with Gasteiger partial charge in [-0.05, 0) is 29.5 Å². The molecule has 1 unspecified atom stereocenters. The molecule has 0 bridgehead atoms. The average molecular weight is 433 g/mol. The molecule has 1 N–H and O–H groups in total. The minimum Gasteiger partial charge on any atom is -0.492 e. The van der Waals surface area contributed by atoms with Gasteiger partial charge >= 0.3 is 0 Å². The highest BCUT2D eigenvalue weighted by atomic mass is 35.5. The van der Waals surface area contributed by atoms with Crippen LogP contribution in [0.1, 0.15) is 45.7 Å². The van der Waals surface area contributed by atoms with Crippen LogP contribution in [0.2, 0.25) is 5.02 Å². The van der Waals surface area contributed by atoms with Gasteiger partial charge in [0.2, 0.25) is 11.3 Å². The van der Waals surface area contributed by atoms with Gasteiger partial charge in [-0.3, -0.25) is 9.59 Å². The Morgan fingerprint density at radius 3 is 2.63 bits per heavy atom. The quantitative estimate of drug-likeness (QED) is 0.672. The third-order valence-corrected chi connectivity index (χ3v) is 5.62. The second-order valence-electron chi connectivity index (χ2n) is 8.75. The summed E-state index contributed by atoms with van der Waals surface area (Å²) in [5.41, 5.74) is 2.78. The molecule has 3 rings (SSSR count). The SMILES string of the molecule is COCCCOc1cc2c(cc1Cl)-c1cc(=O)c(NC(C)=O)cn1C(C(C)(C)C)C2. The summed E-state index contributed by atoms with van der Waals surface area (Å²) in [6.07, 6.45) is 3.29. The van der Waals surface area contributed by atoms with Gasteiger partial charge in [-0.2, -0.15) is 0 Å². The first-order valence-corrected chi connectivity index (χ1v) is 10.5. The van der Waals surface area contributed by atoms with E-state index in [2.05, 4.69) is 30.7 Å². The number of rotatable bonds is 6. The second-order valence-corrected chi connectivity index (χ2v) is 9.15. The fraction of sp³-hybridized carbons (Fsp3) is 0.478. The molecule has 6 nitrogen and oxygen atoms in total. The normalized spacial score (nSPS) is 15.3. The van der Waals surface area contributed by atoms with E-state index in [1.165, 1.54) is 6.92 Å². The van der Waals surface area contributed by atoms with E-state index in [-0.39, 0.29) is 28.5 Å². The predicted molar refractivity (Wildman–Crippen MR) is 120 cm³/mol. The molecule has 0 radical (unpaired) electrons. The topological polar surface area (TPSA) is 69.6 Å². The van der Waals surface area contributed by atoms with E-state index in [1.54, 1.807) is 19.4 Å². The van der Waals surface area contributed by atoms with E-state index < -0.39 is 0 Å². The Hall–Kier alpha value is -2.31. The van der Waals surface area contributed by atoms with Crippen molar-refractivity contribution in [2.24, 2.45) is 5.41 Å². The van der Waals surface area contributed by atoms with Gasteiger partial charge in [-0.1, -0.05) is 32.4 Å². The number of methoxy groups -OCH3 is 1. The van der Waals surface area contributed by atoms with Crippen molar-refractivity contribution in [1.82, 2.24) is 4.57 Å². The largest absolute Gasteiger partial charge is 0.492 e. The molecule has 1 atom stereocenters. The first-order chi connectivity index (χ1) is 14.1. The molecule has 0 saturated heterocycles. The van der Waals surface area contributed by atoms with Gasteiger partial charge in [-0.25, -0.2) is 0 Å². The minimum atomic E-state index is -0.269. The lowest BCUT2D eigenvalue weighted by atomic mass is 9.79. The maximum atomic E-state index is 12.6. The maximum Gasteiger partial charge on any atom is 0.221 e. The fourth-order valence-electron chi connectivity index (χ4n) is 3.84. The van der Waals surface area contributed by atoms with Crippen molar-refractivity contribution >= 4 is 23.2 Å². The molecule has 1 aliphatic rings.